The number of nitrogens with one attached hydrogen (secondary N) is 1. The summed E-state index contributed by atoms with van der Waals surface area (Å²) in [4.78, 5) is 27.5. The van der Waals surface area contributed by atoms with Gasteiger partial charge < -0.3 is 19.7 Å². The Hall–Kier alpha value is -3.13. The number of phenolic OH excluding ortho intramolecular Hbond substituents is 1. The lowest BCUT2D eigenvalue weighted by atomic mass is 10.1. The number of ketones is 1. The molecule has 8 heteroatoms. The molecule has 3 aromatic rings. The number of imidazole rings is 1. The summed E-state index contributed by atoms with van der Waals surface area (Å²) in [7, 11) is 1.81. The number of aryl methyl sites for hydroxylation is 1. The molecule has 150 valence electrons. The molecule has 3 rings (SSSR count). The molecule has 1 amide bonds. The maximum Gasteiger partial charge on any atom is 0.271 e. The van der Waals surface area contributed by atoms with Crippen molar-refractivity contribution < 1.29 is 19.4 Å². The second-order valence-corrected chi connectivity index (χ2v) is 7.34. The standard InChI is InChI=1S/C21H20BrN3O4/c1-13(26)16-7-8-18(19(22)20(16)27)29-11-15-5-3-14(4-6-15)9-23-21(28)17-10-25(2)12-24-17/h3-8,10,12,27H,9,11H2,1-2H3,(H,23,28). The Morgan fingerprint density at radius 3 is 2.48 bits per heavy atom. The number of benzene rings is 2. The number of hydrogen-bond acceptors (Lipinski definition) is 5. The zero-order valence-corrected chi connectivity index (χ0v) is 17.6. The summed E-state index contributed by atoms with van der Waals surface area (Å²) in [5.41, 5.74) is 2.48. The van der Waals surface area contributed by atoms with Crippen LogP contribution in [0.1, 0.15) is 38.9 Å². The average molecular weight is 458 g/mol. The fourth-order valence-electron chi connectivity index (χ4n) is 2.66. The second-order valence-electron chi connectivity index (χ2n) is 6.54. The van der Waals surface area contributed by atoms with E-state index in [1.54, 1.807) is 23.2 Å². The van der Waals surface area contributed by atoms with E-state index in [4.69, 9.17) is 4.74 Å². The minimum Gasteiger partial charge on any atom is -0.506 e. The molecule has 29 heavy (non-hydrogen) atoms. The Bertz CT molecular complexity index is 1040. The third-order valence-corrected chi connectivity index (χ3v) is 5.03. The maximum atomic E-state index is 12.0. The molecule has 7 nitrogen and oxygen atoms in total. The highest BCUT2D eigenvalue weighted by molar-refractivity contribution is 9.10. The fraction of sp³-hybridized carbons (Fsp3) is 0.190. The molecule has 0 radical (unpaired) electrons. The van der Waals surface area contributed by atoms with Gasteiger partial charge in [0.2, 0.25) is 0 Å². The Balaban J connectivity index is 1.56. The first kappa shape index (κ1) is 20.6. The topological polar surface area (TPSA) is 93.5 Å². The van der Waals surface area contributed by atoms with Crippen molar-refractivity contribution in [1.82, 2.24) is 14.9 Å². The van der Waals surface area contributed by atoms with E-state index in [2.05, 4.69) is 26.2 Å². The molecule has 2 N–H and O–H groups in total. The van der Waals surface area contributed by atoms with Crippen molar-refractivity contribution in [3.63, 3.8) is 0 Å². The van der Waals surface area contributed by atoms with E-state index in [0.717, 1.165) is 11.1 Å². The van der Waals surface area contributed by atoms with Crippen LogP contribution in [-0.2, 0) is 20.2 Å². The fourth-order valence-corrected chi connectivity index (χ4v) is 3.12. The molecule has 0 atom stereocenters. The van der Waals surface area contributed by atoms with E-state index < -0.39 is 0 Å². The summed E-state index contributed by atoms with van der Waals surface area (Å²) in [6, 6.07) is 10.8. The van der Waals surface area contributed by atoms with Gasteiger partial charge in [0.1, 0.15) is 28.3 Å². The molecule has 1 heterocycles. The first-order chi connectivity index (χ1) is 13.8. The lowest BCUT2D eigenvalue weighted by molar-refractivity contribution is 0.0945. The first-order valence-corrected chi connectivity index (χ1v) is 9.63. The highest BCUT2D eigenvalue weighted by Gasteiger charge is 2.14. The van der Waals surface area contributed by atoms with Crippen LogP contribution in [-0.4, -0.2) is 26.3 Å². The van der Waals surface area contributed by atoms with Gasteiger partial charge >= 0.3 is 0 Å². The molecular weight excluding hydrogens is 438 g/mol. The Labute approximate surface area is 176 Å². The molecule has 0 unspecified atom stereocenters. The number of rotatable bonds is 7. The van der Waals surface area contributed by atoms with Gasteiger partial charge in [-0.3, -0.25) is 9.59 Å². The number of nitrogens with zero attached hydrogens (tertiary/aromatic N) is 2. The zero-order valence-electron chi connectivity index (χ0n) is 16.0. The Kier molecular flexibility index (Phi) is 6.33. The predicted molar refractivity (Wildman–Crippen MR) is 111 cm³/mol. The Morgan fingerprint density at radius 2 is 1.86 bits per heavy atom. The summed E-state index contributed by atoms with van der Waals surface area (Å²) in [6.07, 6.45) is 3.24. The van der Waals surface area contributed by atoms with Crippen LogP contribution >= 0.6 is 15.9 Å². The van der Waals surface area contributed by atoms with E-state index in [9.17, 15) is 14.7 Å². The number of aromatic nitrogens is 2. The van der Waals surface area contributed by atoms with Gasteiger partial charge in [0.05, 0.1) is 11.9 Å². The molecule has 2 aromatic carbocycles. The van der Waals surface area contributed by atoms with E-state index in [1.165, 1.54) is 13.0 Å². The summed E-state index contributed by atoms with van der Waals surface area (Å²) in [5.74, 6) is -0.134. The van der Waals surface area contributed by atoms with Crippen LogP contribution in [0.25, 0.3) is 0 Å². The minimum atomic E-state index is -0.225. The van der Waals surface area contributed by atoms with Gasteiger partial charge in [0.25, 0.3) is 5.91 Å². The largest absolute Gasteiger partial charge is 0.506 e. The van der Waals surface area contributed by atoms with Gasteiger partial charge in [0.15, 0.2) is 5.78 Å². The average Bonchev–Trinajstić information content (AvgIpc) is 3.14. The minimum absolute atomic E-state index is 0.131. The van der Waals surface area contributed by atoms with Gasteiger partial charge in [-0.2, -0.15) is 0 Å². The molecule has 0 fully saturated rings. The van der Waals surface area contributed by atoms with Crippen molar-refractivity contribution in [2.24, 2.45) is 7.05 Å². The van der Waals surface area contributed by atoms with Crippen LogP contribution in [0.3, 0.4) is 0 Å². The van der Waals surface area contributed by atoms with Crippen molar-refractivity contribution in [3.8, 4) is 11.5 Å². The summed E-state index contributed by atoms with van der Waals surface area (Å²) in [6.45, 7) is 2.07. The predicted octanol–water partition coefficient (Wildman–Crippen LogP) is 3.60. The smallest absolute Gasteiger partial charge is 0.271 e. The third-order valence-electron chi connectivity index (χ3n) is 4.27. The zero-order chi connectivity index (χ0) is 21.0. The van der Waals surface area contributed by atoms with Crippen LogP contribution in [0, 0.1) is 0 Å². The quantitative estimate of drug-likeness (QED) is 0.528. The lowest BCUT2D eigenvalue weighted by Crippen LogP contribution is -2.23. The highest BCUT2D eigenvalue weighted by Crippen LogP contribution is 2.37. The van der Waals surface area contributed by atoms with Gasteiger partial charge in [0, 0.05) is 19.8 Å². The number of aromatic hydroxyl groups is 1. The van der Waals surface area contributed by atoms with Gasteiger partial charge in [-0.1, -0.05) is 24.3 Å². The normalized spacial score (nSPS) is 10.6. The SMILES string of the molecule is CC(=O)c1ccc(OCc2ccc(CNC(=O)c3cn(C)cn3)cc2)c(Br)c1O. The number of ether oxygens (including phenoxy) is 1. The van der Waals surface area contributed by atoms with Crippen molar-refractivity contribution >= 4 is 27.6 Å². The number of carbonyl (C=O) groups excluding carboxylic acids is 2. The molecule has 0 aliphatic rings. The van der Waals surface area contributed by atoms with Gasteiger partial charge in [-0.15, -0.1) is 0 Å². The number of hydrogen-bond donors (Lipinski definition) is 2. The first-order valence-electron chi connectivity index (χ1n) is 8.84. The molecule has 0 aliphatic heterocycles. The van der Waals surface area contributed by atoms with Crippen molar-refractivity contribution in [1.29, 1.82) is 0 Å². The maximum absolute atomic E-state index is 12.0. The number of Topliss-reactive ketones (excluding diaryl/α,β-unsaturated/α-hetero) is 1. The monoisotopic (exact) mass is 457 g/mol. The van der Waals surface area contributed by atoms with Crippen LogP contribution in [0.2, 0.25) is 0 Å². The van der Waals surface area contributed by atoms with Gasteiger partial charge in [-0.05, 0) is 46.1 Å². The molecule has 0 bridgehead atoms. The van der Waals surface area contributed by atoms with E-state index in [-0.39, 0.29) is 29.6 Å². The third kappa shape index (κ3) is 5.03. The van der Waals surface area contributed by atoms with E-state index >= 15 is 0 Å². The summed E-state index contributed by atoms with van der Waals surface area (Å²) >= 11 is 3.27. The number of amides is 1. The molecule has 1 aromatic heterocycles. The van der Waals surface area contributed by atoms with Crippen LogP contribution in [0.15, 0.2) is 53.4 Å². The van der Waals surface area contributed by atoms with E-state index in [0.29, 0.717) is 22.5 Å². The van der Waals surface area contributed by atoms with Gasteiger partial charge in [-0.25, -0.2) is 4.98 Å². The number of phenols is 1. The number of carbonyl (C=O) groups is 2. The highest BCUT2D eigenvalue weighted by atomic mass is 79.9. The molecule has 0 saturated heterocycles. The van der Waals surface area contributed by atoms with Crippen molar-refractivity contribution in [2.45, 2.75) is 20.1 Å². The lowest BCUT2D eigenvalue weighted by Gasteiger charge is -2.11. The molecule has 0 saturated carbocycles. The summed E-state index contributed by atoms with van der Waals surface area (Å²) < 4.78 is 7.80. The van der Waals surface area contributed by atoms with Crippen LogP contribution in [0.5, 0.6) is 11.5 Å². The number of halogens is 1. The molecule has 0 spiro atoms. The van der Waals surface area contributed by atoms with Crippen LogP contribution in [0.4, 0.5) is 0 Å². The van der Waals surface area contributed by atoms with Crippen LogP contribution < -0.4 is 10.1 Å². The second kappa shape index (κ2) is 8.91. The Morgan fingerprint density at radius 1 is 1.17 bits per heavy atom. The van der Waals surface area contributed by atoms with E-state index in [1.807, 2.05) is 31.3 Å². The van der Waals surface area contributed by atoms with Crippen molar-refractivity contribution in [2.75, 3.05) is 0 Å². The summed E-state index contributed by atoms with van der Waals surface area (Å²) in [5, 5.41) is 12.9. The molecule has 0 aliphatic carbocycles. The van der Waals surface area contributed by atoms with Crippen molar-refractivity contribution in [3.05, 3.63) is 75.8 Å². The molecular formula is C21H20BrN3O4.